The maximum absolute atomic E-state index is 12.7. The maximum Gasteiger partial charge on any atom is 0.334 e. The Morgan fingerprint density at radius 1 is 0.966 bits per heavy atom. The predicted octanol–water partition coefficient (Wildman–Crippen LogP) is 1.54. The van der Waals surface area contributed by atoms with Gasteiger partial charge in [0.2, 0.25) is 5.91 Å². The number of unbranched alkanes of at least 4 members (excludes halogenated alkanes) is 1. The van der Waals surface area contributed by atoms with Gasteiger partial charge in [0, 0.05) is 38.4 Å². The van der Waals surface area contributed by atoms with E-state index >= 15 is 0 Å². The number of aryl methyl sites for hydroxylation is 1. The Bertz CT molecular complexity index is 830. The molecule has 2 fully saturated rings. The van der Waals surface area contributed by atoms with Gasteiger partial charge in [-0.1, -0.05) is 25.5 Å². The summed E-state index contributed by atoms with van der Waals surface area (Å²) < 4.78 is 0. The van der Waals surface area contributed by atoms with Crippen LogP contribution in [-0.4, -0.2) is 77.7 Å². The SMILES string of the molecule is CCCCN1C(=O)C(=O)N(CC(=O)N2CCN(c3cccc(C)c3C)CC2)C1=O. The lowest BCUT2D eigenvalue weighted by molar-refractivity contribution is -0.145. The number of hydrogen-bond donors (Lipinski definition) is 0. The molecule has 0 N–H and O–H groups in total. The summed E-state index contributed by atoms with van der Waals surface area (Å²) in [6, 6.07) is 5.50. The van der Waals surface area contributed by atoms with Crippen LogP contribution < -0.4 is 4.90 Å². The zero-order chi connectivity index (χ0) is 21.1. The molecule has 3 rings (SSSR count). The van der Waals surface area contributed by atoms with Crippen LogP contribution in [0.5, 0.6) is 0 Å². The molecule has 2 aliphatic rings. The lowest BCUT2D eigenvalue weighted by Gasteiger charge is -2.37. The number of carbonyl (C=O) groups is 4. The number of rotatable bonds is 6. The second-order valence-electron chi connectivity index (χ2n) is 7.57. The number of imide groups is 2. The highest BCUT2D eigenvalue weighted by molar-refractivity contribution is 6.45. The van der Waals surface area contributed by atoms with E-state index in [9.17, 15) is 19.2 Å². The van der Waals surface area contributed by atoms with Crippen molar-refractivity contribution in [1.82, 2.24) is 14.7 Å². The Labute approximate surface area is 171 Å². The van der Waals surface area contributed by atoms with Gasteiger partial charge in [0.15, 0.2) is 0 Å². The van der Waals surface area contributed by atoms with Crippen LogP contribution in [0.25, 0.3) is 0 Å². The van der Waals surface area contributed by atoms with E-state index in [1.807, 2.05) is 13.0 Å². The fraction of sp³-hybridized carbons (Fsp3) is 0.524. The molecule has 0 spiro atoms. The van der Waals surface area contributed by atoms with Gasteiger partial charge in [0.25, 0.3) is 0 Å². The first-order chi connectivity index (χ1) is 13.8. The Morgan fingerprint density at radius 3 is 2.28 bits per heavy atom. The quantitative estimate of drug-likeness (QED) is 0.535. The van der Waals surface area contributed by atoms with Crippen LogP contribution in [0, 0.1) is 13.8 Å². The number of benzene rings is 1. The molecule has 5 amide bonds. The third kappa shape index (κ3) is 4.11. The minimum atomic E-state index is -0.909. The number of urea groups is 1. The number of nitrogens with zero attached hydrogens (tertiary/aromatic N) is 4. The van der Waals surface area contributed by atoms with Crippen molar-refractivity contribution >= 4 is 29.4 Å². The van der Waals surface area contributed by atoms with Gasteiger partial charge in [-0.3, -0.25) is 19.3 Å². The lowest BCUT2D eigenvalue weighted by atomic mass is 10.1. The van der Waals surface area contributed by atoms with Crippen molar-refractivity contribution < 1.29 is 19.2 Å². The molecule has 0 aliphatic carbocycles. The molecule has 1 aromatic rings. The molecule has 1 aromatic carbocycles. The number of piperazine rings is 1. The van der Waals surface area contributed by atoms with Crippen molar-refractivity contribution in [3.63, 3.8) is 0 Å². The zero-order valence-corrected chi connectivity index (χ0v) is 17.3. The Morgan fingerprint density at radius 2 is 1.62 bits per heavy atom. The van der Waals surface area contributed by atoms with E-state index in [0.29, 0.717) is 32.6 Å². The third-order valence-electron chi connectivity index (χ3n) is 5.71. The highest BCUT2D eigenvalue weighted by atomic mass is 16.2. The predicted molar refractivity (Wildman–Crippen MR) is 108 cm³/mol. The molecule has 0 atom stereocenters. The van der Waals surface area contributed by atoms with Gasteiger partial charge < -0.3 is 9.80 Å². The van der Waals surface area contributed by atoms with Crippen molar-refractivity contribution in [2.45, 2.75) is 33.6 Å². The molecule has 0 aromatic heterocycles. The van der Waals surface area contributed by atoms with Gasteiger partial charge in [-0.05, 0) is 37.5 Å². The minimum absolute atomic E-state index is 0.207. The summed E-state index contributed by atoms with van der Waals surface area (Å²) in [5.41, 5.74) is 3.62. The first-order valence-corrected chi connectivity index (χ1v) is 10.1. The first kappa shape index (κ1) is 20.8. The number of carbonyl (C=O) groups excluding carboxylic acids is 4. The van der Waals surface area contributed by atoms with Crippen LogP contribution in [0.3, 0.4) is 0 Å². The molecule has 156 valence electrons. The zero-order valence-electron chi connectivity index (χ0n) is 17.3. The normalized spacial score (nSPS) is 17.6. The smallest absolute Gasteiger partial charge is 0.334 e. The Balaban J connectivity index is 1.58. The largest absolute Gasteiger partial charge is 0.368 e. The van der Waals surface area contributed by atoms with E-state index in [2.05, 4.69) is 30.9 Å². The van der Waals surface area contributed by atoms with Gasteiger partial charge in [-0.25, -0.2) is 9.69 Å². The summed E-state index contributed by atoms with van der Waals surface area (Å²) in [5, 5.41) is 0. The van der Waals surface area contributed by atoms with Crippen molar-refractivity contribution in [3.05, 3.63) is 29.3 Å². The fourth-order valence-electron chi connectivity index (χ4n) is 3.71. The topological polar surface area (TPSA) is 81.2 Å². The summed E-state index contributed by atoms with van der Waals surface area (Å²) in [7, 11) is 0. The molecule has 0 bridgehead atoms. The number of amides is 5. The maximum atomic E-state index is 12.7. The van der Waals surface area contributed by atoms with E-state index in [-0.39, 0.29) is 19.0 Å². The van der Waals surface area contributed by atoms with E-state index in [4.69, 9.17) is 0 Å². The van der Waals surface area contributed by atoms with Gasteiger partial charge in [0.05, 0.1) is 0 Å². The molecule has 8 nitrogen and oxygen atoms in total. The lowest BCUT2D eigenvalue weighted by Crippen LogP contribution is -2.52. The summed E-state index contributed by atoms with van der Waals surface area (Å²) in [6.45, 7) is 8.31. The van der Waals surface area contributed by atoms with Gasteiger partial charge >= 0.3 is 17.8 Å². The highest BCUT2D eigenvalue weighted by Gasteiger charge is 2.45. The van der Waals surface area contributed by atoms with Crippen LogP contribution in [0.15, 0.2) is 18.2 Å². The second kappa shape index (κ2) is 8.63. The second-order valence-corrected chi connectivity index (χ2v) is 7.57. The molecule has 2 aliphatic heterocycles. The summed E-state index contributed by atoms with van der Waals surface area (Å²) in [5.74, 6) is -2.05. The van der Waals surface area contributed by atoms with Crippen LogP contribution in [0.2, 0.25) is 0 Å². The highest BCUT2D eigenvalue weighted by Crippen LogP contribution is 2.24. The van der Waals surface area contributed by atoms with E-state index < -0.39 is 17.8 Å². The minimum Gasteiger partial charge on any atom is -0.368 e. The third-order valence-corrected chi connectivity index (χ3v) is 5.71. The van der Waals surface area contributed by atoms with Crippen LogP contribution >= 0.6 is 0 Å². The van der Waals surface area contributed by atoms with E-state index in [1.165, 1.54) is 16.8 Å². The Kier molecular flexibility index (Phi) is 6.20. The standard InChI is InChI=1S/C21H28N4O4/c1-4-5-9-24-19(27)20(28)25(21(24)29)14-18(26)23-12-10-22(11-13-23)17-8-6-7-15(2)16(17)3/h6-8H,4-5,9-14H2,1-3H3. The number of hydrogen-bond acceptors (Lipinski definition) is 5. The molecular formula is C21H28N4O4. The molecular weight excluding hydrogens is 372 g/mol. The molecule has 0 unspecified atom stereocenters. The van der Waals surface area contributed by atoms with Gasteiger partial charge in [0.1, 0.15) is 6.54 Å². The van der Waals surface area contributed by atoms with Gasteiger partial charge in [-0.2, -0.15) is 0 Å². The molecule has 0 radical (unpaired) electrons. The van der Waals surface area contributed by atoms with Crippen LogP contribution in [0.4, 0.5) is 10.5 Å². The molecule has 8 heteroatoms. The molecule has 29 heavy (non-hydrogen) atoms. The number of anilines is 1. The van der Waals surface area contributed by atoms with E-state index in [1.54, 1.807) is 4.90 Å². The fourth-order valence-corrected chi connectivity index (χ4v) is 3.71. The summed E-state index contributed by atoms with van der Waals surface area (Å²) >= 11 is 0. The summed E-state index contributed by atoms with van der Waals surface area (Å²) in [4.78, 5) is 54.9. The summed E-state index contributed by atoms with van der Waals surface area (Å²) in [6.07, 6.45) is 1.43. The average Bonchev–Trinajstić information content (AvgIpc) is 2.92. The average molecular weight is 400 g/mol. The van der Waals surface area contributed by atoms with Crippen molar-refractivity contribution in [3.8, 4) is 0 Å². The molecule has 0 saturated carbocycles. The van der Waals surface area contributed by atoms with Crippen molar-refractivity contribution in [2.75, 3.05) is 44.2 Å². The van der Waals surface area contributed by atoms with Crippen molar-refractivity contribution in [1.29, 1.82) is 0 Å². The molecule has 2 saturated heterocycles. The van der Waals surface area contributed by atoms with Crippen LogP contribution in [-0.2, 0) is 14.4 Å². The Hall–Kier alpha value is -2.90. The first-order valence-electron chi connectivity index (χ1n) is 10.1. The van der Waals surface area contributed by atoms with Crippen LogP contribution in [0.1, 0.15) is 30.9 Å². The monoisotopic (exact) mass is 400 g/mol. The molecule has 2 heterocycles. The van der Waals surface area contributed by atoms with Gasteiger partial charge in [-0.15, -0.1) is 0 Å². The van der Waals surface area contributed by atoms with Crippen molar-refractivity contribution in [2.24, 2.45) is 0 Å². The van der Waals surface area contributed by atoms with E-state index in [0.717, 1.165) is 16.2 Å².